The molecule has 0 fully saturated rings. The van der Waals surface area contributed by atoms with E-state index in [0.29, 0.717) is 9.55 Å². The first-order chi connectivity index (χ1) is 8.61. The summed E-state index contributed by atoms with van der Waals surface area (Å²) < 4.78 is 0.619. The molecule has 2 aromatic rings. The number of nitrogens with zero attached hydrogens (tertiary/aromatic N) is 3. The van der Waals surface area contributed by atoms with Crippen molar-refractivity contribution in [1.82, 2.24) is 4.68 Å². The number of nitrogens with two attached hydrogens (primary N) is 2. The molecule has 0 atom stereocenters. The van der Waals surface area contributed by atoms with Crippen LogP contribution in [0.25, 0.3) is 10.4 Å². The standard InChI is InChI=1S/C11H7N5OS/c12-4-6-9(8-2-1-3-18-8)7(5-13)11(17)16(15)10(6)14/h1-3H,14-15H2. The van der Waals surface area contributed by atoms with Crippen LogP contribution in [0.2, 0.25) is 0 Å². The van der Waals surface area contributed by atoms with E-state index in [0.717, 1.165) is 0 Å². The minimum atomic E-state index is -0.711. The van der Waals surface area contributed by atoms with Gasteiger partial charge >= 0.3 is 0 Å². The van der Waals surface area contributed by atoms with Crippen LogP contribution in [0, 0.1) is 22.7 Å². The SMILES string of the molecule is N#Cc1c(-c2cccs2)c(C#N)c(=O)n(N)c1N. The number of pyridine rings is 1. The molecule has 0 unspecified atom stereocenters. The largest absolute Gasteiger partial charge is 0.382 e. The van der Waals surface area contributed by atoms with E-state index >= 15 is 0 Å². The van der Waals surface area contributed by atoms with Crippen LogP contribution >= 0.6 is 11.3 Å². The second-order valence-electron chi connectivity index (χ2n) is 3.39. The fourth-order valence-corrected chi connectivity index (χ4v) is 2.38. The Labute approximate surface area is 106 Å². The van der Waals surface area contributed by atoms with Gasteiger partial charge < -0.3 is 11.6 Å². The monoisotopic (exact) mass is 257 g/mol. The van der Waals surface area contributed by atoms with Gasteiger partial charge in [0, 0.05) is 10.4 Å². The summed E-state index contributed by atoms with van der Waals surface area (Å²) in [4.78, 5) is 12.5. The number of anilines is 1. The van der Waals surface area contributed by atoms with E-state index in [4.69, 9.17) is 22.1 Å². The topological polar surface area (TPSA) is 122 Å². The van der Waals surface area contributed by atoms with E-state index in [2.05, 4.69) is 0 Å². The van der Waals surface area contributed by atoms with Gasteiger partial charge in [0.25, 0.3) is 5.56 Å². The first kappa shape index (κ1) is 11.7. The maximum atomic E-state index is 11.8. The molecule has 6 nitrogen and oxygen atoms in total. The summed E-state index contributed by atoms with van der Waals surface area (Å²) in [6.07, 6.45) is 0. The molecule has 4 N–H and O–H groups in total. The number of nitriles is 2. The molecule has 2 heterocycles. The average Bonchev–Trinajstić information content (AvgIpc) is 2.89. The molecule has 0 saturated heterocycles. The van der Waals surface area contributed by atoms with E-state index in [1.54, 1.807) is 23.6 Å². The van der Waals surface area contributed by atoms with Gasteiger partial charge in [-0.15, -0.1) is 11.3 Å². The predicted molar refractivity (Wildman–Crippen MR) is 68.0 cm³/mol. The van der Waals surface area contributed by atoms with Crippen molar-refractivity contribution in [3.63, 3.8) is 0 Å². The van der Waals surface area contributed by atoms with E-state index in [9.17, 15) is 4.79 Å². The lowest BCUT2D eigenvalue weighted by Crippen LogP contribution is -2.32. The first-order valence-electron chi connectivity index (χ1n) is 4.79. The lowest BCUT2D eigenvalue weighted by Gasteiger charge is -2.10. The number of rotatable bonds is 1. The van der Waals surface area contributed by atoms with Gasteiger partial charge in [0.2, 0.25) is 0 Å². The Bertz CT molecular complexity index is 746. The molecule has 2 aromatic heterocycles. The molecular formula is C11H7N5OS. The average molecular weight is 257 g/mol. The zero-order valence-electron chi connectivity index (χ0n) is 9.04. The second-order valence-corrected chi connectivity index (χ2v) is 4.33. The maximum absolute atomic E-state index is 11.8. The van der Waals surface area contributed by atoms with Crippen LogP contribution in [0.15, 0.2) is 22.3 Å². The Kier molecular flexibility index (Phi) is 2.76. The summed E-state index contributed by atoms with van der Waals surface area (Å²) in [5, 5.41) is 20.0. The van der Waals surface area contributed by atoms with Crippen molar-refractivity contribution in [3.05, 3.63) is 39.0 Å². The summed E-state index contributed by atoms with van der Waals surface area (Å²) in [7, 11) is 0. The molecule has 0 aliphatic rings. The molecular weight excluding hydrogens is 250 g/mol. The Morgan fingerprint density at radius 3 is 2.44 bits per heavy atom. The van der Waals surface area contributed by atoms with Crippen molar-refractivity contribution < 1.29 is 0 Å². The maximum Gasteiger partial charge on any atom is 0.289 e. The number of hydrogen-bond donors (Lipinski definition) is 2. The van der Waals surface area contributed by atoms with Crippen LogP contribution in [-0.4, -0.2) is 4.68 Å². The summed E-state index contributed by atoms with van der Waals surface area (Å²) in [6.45, 7) is 0. The van der Waals surface area contributed by atoms with E-state index in [1.807, 2.05) is 6.07 Å². The molecule has 0 spiro atoms. The fourth-order valence-electron chi connectivity index (χ4n) is 1.59. The quantitative estimate of drug-likeness (QED) is 0.725. The highest BCUT2D eigenvalue weighted by Crippen LogP contribution is 2.31. The number of thiophene rings is 1. The molecule has 0 aliphatic heterocycles. The minimum absolute atomic E-state index is 0.0381. The molecule has 0 bridgehead atoms. The number of nitrogen functional groups attached to an aromatic ring is 2. The summed E-state index contributed by atoms with van der Waals surface area (Å²) >= 11 is 1.31. The van der Waals surface area contributed by atoms with Gasteiger partial charge in [-0.2, -0.15) is 10.5 Å². The van der Waals surface area contributed by atoms with Gasteiger partial charge in [0.1, 0.15) is 29.1 Å². The van der Waals surface area contributed by atoms with Gasteiger partial charge in [-0.1, -0.05) is 6.07 Å². The number of hydrogen-bond acceptors (Lipinski definition) is 6. The van der Waals surface area contributed by atoms with E-state index < -0.39 is 5.56 Å². The molecule has 18 heavy (non-hydrogen) atoms. The molecule has 0 radical (unpaired) electrons. The summed E-state index contributed by atoms with van der Waals surface area (Å²) in [6, 6.07) is 7.13. The molecule has 7 heteroatoms. The van der Waals surface area contributed by atoms with Crippen molar-refractivity contribution in [2.75, 3.05) is 11.6 Å². The van der Waals surface area contributed by atoms with Gasteiger partial charge in [-0.3, -0.25) is 4.79 Å². The molecule has 0 aliphatic carbocycles. The smallest absolute Gasteiger partial charge is 0.289 e. The van der Waals surface area contributed by atoms with E-state index in [-0.39, 0.29) is 22.5 Å². The van der Waals surface area contributed by atoms with Gasteiger partial charge in [0.05, 0.1) is 0 Å². The zero-order chi connectivity index (χ0) is 13.3. The van der Waals surface area contributed by atoms with Gasteiger partial charge in [-0.25, -0.2) is 4.68 Å². The van der Waals surface area contributed by atoms with Crippen LogP contribution < -0.4 is 17.1 Å². The van der Waals surface area contributed by atoms with Crippen molar-refractivity contribution in [2.24, 2.45) is 0 Å². The predicted octanol–water partition coefficient (Wildman–Crippen LogP) is 0.616. The van der Waals surface area contributed by atoms with Gasteiger partial charge in [0.15, 0.2) is 0 Å². The van der Waals surface area contributed by atoms with Crippen LogP contribution in [-0.2, 0) is 0 Å². The third-order valence-electron chi connectivity index (χ3n) is 2.44. The highest BCUT2D eigenvalue weighted by atomic mass is 32.1. The van der Waals surface area contributed by atoms with Crippen molar-refractivity contribution >= 4 is 17.2 Å². The Morgan fingerprint density at radius 2 is 1.94 bits per heavy atom. The van der Waals surface area contributed by atoms with Crippen LogP contribution in [0.5, 0.6) is 0 Å². The van der Waals surface area contributed by atoms with Crippen LogP contribution in [0.1, 0.15) is 11.1 Å². The lowest BCUT2D eigenvalue weighted by molar-refractivity contribution is 0.943. The normalized spacial score (nSPS) is 9.67. The van der Waals surface area contributed by atoms with E-state index in [1.165, 1.54) is 11.3 Å². The Hall–Kier alpha value is -2.77. The molecule has 0 saturated carbocycles. The highest BCUT2D eigenvalue weighted by molar-refractivity contribution is 7.13. The summed E-state index contributed by atoms with van der Waals surface area (Å²) in [5.74, 6) is 5.29. The fraction of sp³-hybridized carbons (Fsp3) is 0. The van der Waals surface area contributed by atoms with Crippen molar-refractivity contribution in [2.45, 2.75) is 0 Å². The Balaban J connectivity index is 3.01. The Morgan fingerprint density at radius 1 is 1.28 bits per heavy atom. The van der Waals surface area contributed by atoms with Crippen molar-refractivity contribution in [3.8, 4) is 22.6 Å². The molecule has 2 rings (SSSR count). The zero-order valence-corrected chi connectivity index (χ0v) is 9.86. The lowest BCUT2D eigenvalue weighted by atomic mass is 10.0. The first-order valence-corrected chi connectivity index (χ1v) is 5.67. The highest BCUT2D eigenvalue weighted by Gasteiger charge is 2.21. The summed E-state index contributed by atoms with van der Waals surface area (Å²) in [5.41, 5.74) is 5.04. The second kappa shape index (κ2) is 4.24. The van der Waals surface area contributed by atoms with Crippen molar-refractivity contribution in [1.29, 1.82) is 10.5 Å². The van der Waals surface area contributed by atoms with Gasteiger partial charge in [-0.05, 0) is 11.4 Å². The molecule has 88 valence electrons. The third kappa shape index (κ3) is 1.51. The number of aromatic nitrogens is 1. The molecule has 0 amide bonds. The van der Waals surface area contributed by atoms with Crippen LogP contribution in [0.4, 0.5) is 5.82 Å². The molecule has 0 aromatic carbocycles. The third-order valence-corrected chi connectivity index (χ3v) is 3.33. The van der Waals surface area contributed by atoms with Crippen LogP contribution in [0.3, 0.4) is 0 Å². The minimum Gasteiger partial charge on any atom is -0.382 e.